The zero-order valence-corrected chi connectivity index (χ0v) is 12.5. The minimum absolute atomic E-state index is 0.0179. The molecule has 1 amide bonds. The van der Waals surface area contributed by atoms with Crippen molar-refractivity contribution < 1.29 is 4.79 Å². The molecular formula is C16H23N3O. The fourth-order valence-electron chi connectivity index (χ4n) is 2.03. The zero-order chi connectivity index (χ0) is 15.0. The maximum Gasteiger partial charge on any atom is 0.225 e. The first-order chi connectivity index (χ1) is 9.56. The maximum atomic E-state index is 11.9. The van der Waals surface area contributed by atoms with E-state index in [2.05, 4.69) is 30.1 Å². The van der Waals surface area contributed by atoms with Gasteiger partial charge in [0, 0.05) is 24.7 Å². The Morgan fingerprint density at radius 1 is 1.50 bits per heavy atom. The summed E-state index contributed by atoms with van der Waals surface area (Å²) >= 11 is 0. The van der Waals surface area contributed by atoms with Crippen LogP contribution in [0.2, 0.25) is 0 Å². The van der Waals surface area contributed by atoms with E-state index >= 15 is 0 Å². The molecule has 1 atom stereocenters. The fourth-order valence-corrected chi connectivity index (χ4v) is 2.03. The normalized spacial score (nSPS) is 11.9. The lowest BCUT2D eigenvalue weighted by atomic mass is 10.1. The standard InChI is InChI=1S/C16H23N3O/c1-4-6-13(2)19(3)10-9-16(20)18-15-8-5-7-14(11-15)12-17/h5,7-8,11,13H,4,6,9-10H2,1-3H3,(H,18,20). The van der Waals surface area contributed by atoms with E-state index in [1.807, 2.05) is 7.05 Å². The van der Waals surface area contributed by atoms with Gasteiger partial charge in [-0.2, -0.15) is 5.26 Å². The third kappa shape index (κ3) is 5.41. The van der Waals surface area contributed by atoms with E-state index < -0.39 is 0 Å². The average molecular weight is 273 g/mol. The van der Waals surface area contributed by atoms with E-state index in [0.717, 1.165) is 19.4 Å². The van der Waals surface area contributed by atoms with E-state index in [-0.39, 0.29) is 5.91 Å². The number of carbonyl (C=O) groups is 1. The van der Waals surface area contributed by atoms with Gasteiger partial charge in [-0.05, 0) is 38.6 Å². The van der Waals surface area contributed by atoms with Crippen LogP contribution in [0.1, 0.15) is 38.7 Å². The fraction of sp³-hybridized carbons (Fsp3) is 0.500. The molecule has 1 N–H and O–H groups in total. The van der Waals surface area contributed by atoms with Gasteiger partial charge in [0.15, 0.2) is 0 Å². The van der Waals surface area contributed by atoms with Gasteiger partial charge in [0.05, 0.1) is 11.6 Å². The molecule has 20 heavy (non-hydrogen) atoms. The van der Waals surface area contributed by atoms with Crippen molar-refractivity contribution in [1.29, 1.82) is 5.26 Å². The lowest BCUT2D eigenvalue weighted by Crippen LogP contribution is -2.31. The molecule has 1 unspecified atom stereocenters. The lowest BCUT2D eigenvalue weighted by Gasteiger charge is -2.23. The third-order valence-electron chi connectivity index (χ3n) is 3.43. The smallest absolute Gasteiger partial charge is 0.225 e. The van der Waals surface area contributed by atoms with Crippen LogP contribution in [-0.2, 0) is 4.79 Å². The van der Waals surface area contributed by atoms with Gasteiger partial charge < -0.3 is 10.2 Å². The Morgan fingerprint density at radius 2 is 2.25 bits per heavy atom. The lowest BCUT2D eigenvalue weighted by molar-refractivity contribution is -0.116. The number of hydrogen-bond acceptors (Lipinski definition) is 3. The van der Waals surface area contributed by atoms with Crippen LogP contribution < -0.4 is 5.32 Å². The third-order valence-corrected chi connectivity index (χ3v) is 3.43. The first-order valence-electron chi connectivity index (χ1n) is 7.07. The highest BCUT2D eigenvalue weighted by atomic mass is 16.1. The zero-order valence-electron chi connectivity index (χ0n) is 12.5. The van der Waals surface area contributed by atoms with E-state index in [1.54, 1.807) is 24.3 Å². The number of nitrogens with one attached hydrogen (secondary N) is 1. The molecule has 1 rings (SSSR count). The number of hydrogen-bond donors (Lipinski definition) is 1. The second-order valence-corrected chi connectivity index (χ2v) is 5.11. The van der Waals surface area contributed by atoms with Crippen LogP contribution in [0, 0.1) is 11.3 Å². The Bertz CT molecular complexity index is 479. The Hall–Kier alpha value is -1.86. The molecule has 0 spiro atoms. The second-order valence-electron chi connectivity index (χ2n) is 5.11. The van der Waals surface area contributed by atoms with Gasteiger partial charge in [-0.1, -0.05) is 19.4 Å². The van der Waals surface area contributed by atoms with Crippen molar-refractivity contribution in [3.8, 4) is 6.07 Å². The molecule has 0 fully saturated rings. The minimum atomic E-state index is -0.0179. The molecule has 0 aliphatic carbocycles. The van der Waals surface area contributed by atoms with Crippen molar-refractivity contribution in [2.75, 3.05) is 18.9 Å². The van der Waals surface area contributed by atoms with E-state index in [4.69, 9.17) is 5.26 Å². The van der Waals surface area contributed by atoms with Gasteiger partial charge in [0.25, 0.3) is 0 Å². The molecule has 108 valence electrons. The average Bonchev–Trinajstić information content (AvgIpc) is 2.45. The summed E-state index contributed by atoms with van der Waals surface area (Å²) in [6, 6.07) is 9.52. The van der Waals surface area contributed by atoms with Crippen LogP contribution in [0.3, 0.4) is 0 Å². The largest absolute Gasteiger partial charge is 0.326 e. The second kappa shape index (κ2) is 8.34. The molecule has 4 nitrogen and oxygen atoms in total. The van der Waals surface area contributed by atoms with Gasteiger partial charge >= 0.3 is 0 Å². The summed E-state index contributed by atoms with van der Waals surface area (Å²) in [5, 5.41) is 11.6. The molecule has 0 aliphatic heterocycles. The SMILES string of the molecule is CCCC(C)N(C)CCC(=O)Nc1cccc(C#N)c1. The number of nitriles is 1. The van der Waals surface area contributed by atoms with E-state index in [9.17, 15) is 4.79 Å². The first-order valence-corrected chi connectivity index (χ1v) is 7.07. The number of anilines is 1. The molecule has 4 heteroatoms. The van der Waals surface area contributed by atoms with E-state index in [1.165, 1.54) is 0 Å². The summed E-state index contributed by atoms with van der Waals surface area (Å²) < 4.78 is 0. The van der Waals surface area contributed by atoms with Crippen LogP contribution in [0.15, 0.2) is 24.3 Å². The number of nitrogens with zero attached hydrogens (tertiary/aromatic N) is 2. The Morgan fingerprint density at radius 3 is 2.90 bits per heavy atom. The van der Waals surface area contributed by atoms with Crippen molar-refractivity contribution >= 4 is 11.6 Å². The van der Waals surface area contributed by atoms with Gasteiger partial charge in [-0.25, -0.2) is 0 Å². The van der Waals surface area contributed by atoms with Crippen LogP contribution in [0.4, 0.5) is 5.69 Å². The molecule has 0 bridgehead atoms. The molecule has 1 aromatic rings. The van der Waals surface area contributed by atoms with Crippen LogP contribution in [0.5, 0.6) is 0 Å². The Kier molecular flexibility index (Phi) is 6.75. The molecule has 1 aromatic carbocycles. The molecule has 0 aliphatic rings. The summed E-state index contributed by atoms with van der Waals surface area (Å²) in [4.78, 5) is 14.1. The summed E-state index contributed by atoms with van der Waals surface area (Å²) in [5.74, 6) is -0.0179. The predicted molar refractivity (Wildman–Crippen MR) is 81.4 cm³/mol. The van der Waals surface area contributed by atoms with Gasteiger partial charge in [0.2, 0.25) is 5.91 Å². The quantitative estimate of drug-likeness (QED) is 0.831. The molecule has 0 saturated carbocycles. The topological polar surface area (TPSA) is 56.1 Å². The summed E-state index contributed by atoms with van der Waals surface area (Å²) in [7, 11) is 2.05. The first kappa shape index (κ1) is 16.2. The molecule has 0 heterocycles. The van der Waals surface area contributed by atoms with Crippen LogP contribution in [0.25, 0.3) is 0 Å². The van der Waals surface area contributed by atoms with Crippen molar-refractivity contribution in [2.45, 2.75) is 39.2 Å². The van der Waals surface area contributed by atoms with E-state index in [0.29, 0.717) is 23.7 Å². The van der Waals surface area contributed by atoms with Gasteiger partial charge in [0.1, 0.15) is 0 Å². The Balaban J connectivity index is 2.42. The molecule has 0 radical (unpaired) electrons. The number of benzene rings is 1. The summed E-state index contributed by atoms with van der Waals surface area (Å²) in [5.41, 5.74) is 1.23. The molecule has 0 saturated heterocycles. The molecule has 0 aromatic heterocycles. The number of amides is 1. The highest BCUT2D eigenvalue weighted by Crippen LogP contribution is 2.10. The minimum Gasteiger partial charge on any atom is -0.326 e. The maximum absolute atomic E-state index is 11.9. The predicted octanol–water partition coefficient (Wildman–Crippen LogP) is 3.01. The summed E-state index contributed by atoms with van der Waals surface area (Å²) in [6.07, 6.45) is 2.75. The van der Waals surface area contributed by atoms with Gasteiger partial charge in [-0.3, -0.25) is 4.79 Å². The van der Waals surface area contributed by atoms with Crippen LogP contribution in [-0.4, -0.2) is 30.4 Å². The van der Waals surface area contributed by atoms with Crippen molar-refractivity contribution in [3.05, 3.63) is 29.8 Å². The van der Waals surface area contributed by atoms with Crippen molar-refractivity contribution in [1.82, 2.24) is 4.90 Å². The summed E-state index contributed by atoms with van der Waals surface area (Å²) in [6.45, 7) is 5.09. The molecular weight excluding hydrogens is 250 g/mol. The Labute approximate surface area is 121 Å². The number of rotatable bonds is 7. The van der Waals surface area contributed by atoms with Crippen LogP contribution >= 0.6 is 0 Å². The van der Waals surface area contributed by atoms with Crippen molar-refractivity contribution in [2.24, 2.45) is 0 Å². The highest BCUT2D eigenvalue weighted by molar-refractivity contribution is 5.90. The number of carbonyl (C=O) groups excluding carboxylic acids is 1. The highest BCUT2D eigenvalue weighted by Gasteiger charge is 2.10. The van der Waals surface area contributed by atoms with Gasteiger partial charge in [-0.15, -0.1) is 0 Å². The monoisotopic (exact) mass is 273 g/mol. The van der Waals surface area contributed by atoms with Crippen molar-refractivity contribution in [3.63, 3.8) is 0 Å².